The van der Waals surface area contributed by atoms with Crippen molar-refractivity contribution in [3.05, 3.63) is 28.8 Å². The van der Waals surface area contributed by atoms with Gasteiger partial charge in [-0.1, -0.05) is 12.1 Å². The Kier molecular flexibility index (Phi) is 2.78. The number of rotatable bonds is 5. The molecule has 0 aromatic heterocycles. The Bertz CT molecular complexity index is 398. The van der Waals surface area contributed by atoms with Crippen LogP contribution in [-0.4, -0.2) is 25.8 Å². The van der Waals surface area contributed by atoms with Gasteiger partial charge >= 0.3 is 0 Å². The van der Waals surface area contributed by atoms with Crippen LogP contribution in [0.5, 0.6) is 5.75 Å². The molecule has 2 aliphatic rings. The van der Waals surface area contributed by atoms with Crippen molar-refractivity contribution >= 4 is 0 Å². The highest BCUT2D eigenvalue weighted by molar-refractivity contribution is 5.43. The minimum atomic E-state index is -0.0469. The maximum atomic E-state index is 5.69. The van der Waals surface area contributed by atoms with Crippen molar-refractivity contribution in [1.29, 1.82) is 0 Å². The zero-order valence-electron chi connectivity index (χ0n) is 10.1. The van der Waals surface area contributed by atoms with E-state index in [0.29, 0.717) is 13.2 Å². The lowest BCUT2D eigenvalue weighted by Gasteiger charge is -2.12. The SMILES string of the molecule is Cc1cc(COC2CO2)cc(C)c1OC1CO1. The molecule has 1 aromatic carbocycles. The van der Waals surface area contributed by atoms with Gasteiger partial charge < -0.3 is 18.9 Å². The van der Waals surface area contributed by atoms with Gasteiger partial charge in [0, 0.05) is 0 Å². The first-order valence-electron chi connectivity index (χ1n) is 5.84. The molecule has 1 aromatic rings. The van der Waals surface area contributed by atoms with Crippen LogP contribution in [0.2, 0.25) is 0 Å². The van der Waals surface area contributed by atoms with Crippen LogP contribution in [0.15, 0.2) is 12.1 Å². The quantitative estimate of drug-likeness (QED) is 0.732. The molecule has 92 valence electrons. The minimum Gasteiger partial charge on any atom is -0.462 e. The summed E-state index contributed by atoms with van der Waals surface area (Å²) in [5, 5.41) is 0. The van der Waals surface area contributed by atoms with E-state index in [2.05, 4.69) is 12.1 Å². The first kappa shape index (κ1) is 11.0. The summed E-state index contributed by atoms with van der Waals surface area (Å²) in [5.74, 6) is 0.930. The van der Waals surface area contributed by atoms with Crippen LogP contribution in [0.4, 0.5) is 0 Å². The number of hydrogen-bond acceptors (Lipinski definition) is 4. The number of benzene rings is 1. The zero-order chi connectivity index (χ0) is 11.8. The van der Waals surface area contributed by atoms with Gasteiger partial charge in [-0.3, -0.25) is 0 Å². The van der Waals surface area contributed by atoms with Gasteiger partial charge in [0.15, 0.2) is 6.29 Å². The van der Waals surface area contributed by atoms with Gasteiger partial charge in [0.25, 0.3) is 0 Å². The Labute approximate surface area is 100 Å². The smallest absolute Gasteiger partial charge is 0.223 e. The van der Waals surface area contributed by atoms with Crippen LogP contribution in [0, 0.1) is 13.8 Å². The van der Waals surface area contributed by atoms with Crippen molar-refractivity contribution in [3.63, 3.8) is 0 Å². The lowest BCUT2D eigenvalue weighted by atomic mass is 10.1. The molecule has 0 saturated carbocycles. The summed E-state index contributed by atoms with van der Waals surface area (Å²) in [7, 11) is 0. The second-order valence-corrected chi connectivity index (χ2v) is 4.51. The highest BCUT2D eigenvalue weighted by atomic mass is 16.8. The third-order valence-corrected chi connectivity index (χ3v) is 2.81. The molecule has 2 atom stereocenters. The number of ether oxygens (including phenoxy) is 4. The van der Waals surface area contributed by atoms with Gasteiger partial charge in [-0.25, -0.2) is 0 Å². The van der Waals surface area contributed by atoms with Gasteiger partial charge in [-0.05, 0) is 30.5 Å². The van der Waals surface area contributed by atoms with E-state index in [9.17, 15) is 0 Å². The Hall–Kier alpha value is -1.10. The maximum Gasteiger partial charge on any atom is 0.223 e. The summed E-state index contributed by atoms with van der Waals surface area (Å²) in [6, 6.07) is 4.18. The Morgan fingerprint density at radius 3 is 2.24 bits per heavy atom. The van der Waals surface area contributed by atoms with Crippen molar-refractivity contribution in [3.8, 4) is 5.75 Å². The predicted octanol–water partition coefficient (Wildman–Crippen LogP) is 1.91. The fourth-order valence-electron chi connectivity index (χ4n) is 1.87. The molecule has 2 aliphatic heterocycles. The normalized spacial score (nSPS) is 25.8. The maximum absolute atomic E-state index is 5.69. The van der Waals surface area contributed by atoms with E-state index in [1.807, 2.05) is 13.8 Å². The fourth-order valence-corrected chi connectivity index (χ4v) is 1.87. The highest BCUT2D eigenvalue weighted by Crippen LogP contribution is 2.29. The van der Waals surface area contributed by atoms with Gasteiger partial charge in [0.05, 0.1) is 6.61 Å². The summed E-state index contributed by atoms with van der Waals surface area (Å²) >= 11 is 0. The van der Waals surface area contributed by atoms with Gasteiger partial charge in [0.1, 0.15) is 19.0 Å². The number of epoxide rings is 2. The molecular weight excluding hydrogens is 220 g/mol. The number of hydrogen-bond donors (Lipinski definition) is 0. The molecule has 3 rings (SSSR count). The standard InChI is InChI=1S/C13H16O4/c1-8-3-10(5-14-11-6-15-11)4-9(2)13(8)17-12-7-16-12/h3-4,11-12H,5-7H2,1-2H3. The van der Waals surface area contributed by atoms with E-state index in [0.717, 1.165) is 29.0 Å². The fraction of sp³-hybridized carbons (Fsp3) is 0.538. The van der Waals surface area contributed by atoms with E-state index >= 15 is 0 Å². The number of aryl methyl sites for hydroxylation is 2. The second kappa shape index (κ2) is 4.29. The zero-order valence-corrected chi connectivity index (χ0v) is 10.1. The molecule has 2 unspecified atom stereocenters. The monoisotopic (exact) mass is 236 g/mol. The van der Waals surface area contributed by atoms with Crippen molar-refractivity contribution in [1.82, 2.24) is 0 Å². The van der Waals surface area contributed by atoms with E-state index in [1.165, 1.54) is 0 Å². The van der Waals surface area contributed by atoms with Crippen LogP contribution in [-0.2, 0) is 20.8 Å². The molecule has 2 saturated heterocycles. The van der Waals surface area contributed by atoms with Crippen LogP contribution in [0.3, 0.4) is 0 Å². The predicted molar refractivity (Wildman–Crippen MR) is 60.8 cm³/mol. The third kappa shape index (κ3) is 2.77. The molecule has 0 spiro atoms. The summed E-state index contributed by atoms with van der Waals surface area (Å²) in [6.45, 7) is 6.09. The lowest BCUT2D eigenvalue weighted by Crippen LogP contribution is -2.03. The molecule has 0 N–H and O–H groups in total. The van der Waals surface area contributed by atoms with Crippen LogP contribution in [0.1, 0.15) is 16.7 Å². The molecule has 0 aliphatic carbocycles. The molecule has 17 heavy (non-hydrogen) atoms. The van der Waals surface area contributed by atoms with Crippen molar-refractivity contribution in [2.75, 3.05) is 13.2 Å². The lowest BCUT2D eigenvalue weighted by molar-refractivity contribution is 0.0385. The molecule has 4 heteroatoms. The Morgan fingerprint density at radius 2 is 1.71 bits per heavy atom. The van der Waals surface area contributed by atoms with Gasteiger partial charge in [0.2, 0.25) is 6.29 Å². The summed E-state index contributed by atoms with van der Waals surface area (Å²) in [5.41, 5.74) is 3.39. The molecular formula is C13H16O4. The average molecular weight is 236 g/mol. The topological polar surface area (TPSA) is 43.5 Å². The Morgan fingerprint density at radius 1 is 1.12 bits per heavy atom. The van der Waals surface area contributed by atoms with E-state index < -0.39 is 0 Å². The van der Waals surface area contributed by atoms with Crippen LogP contribution < -0.4 is 4.74 Å². The first-order chi connectivity index (χ1) is 8.22. The molecule has 0 radical (unpaired) electrons. The van der Waals surface area contributed by atoms with E-state index in [4.69, 9.17) is 18.9 Å². The molecule has 0 bridgehead atoms. The minimum absolute atomic E-state index is 0.00593. The Balaban J connectivity index is 1.71. The van der Waals surface area contributed by atoms with E-state index in [1.54, 1.807) is 0 Å². The van der Waals surface area contributed by atoms with Crippen molar-refractivity contribution < 1.29 is 18.9 Å². The molecule has 4 nitrogen and oxygen atoms in total. The van der Waals surface area contributed by atoms with Crippen LogP contribution in [0.25, 0.3) is 0 Å². The van der Waals surface area contributed by atoms with Gasteiger partial charge in [-0.2, -0.15) is 0 Å². The first-order valence-corrected chi connectivity index (χ1v) is 5.84. The second-order valence-electron chi connectivity index (χ2n) is 4.51. The highest BCUT2D eigenvalue weighted by Gasteiger charge is 2.26. The van der Waals surface area contributed by atoms with Crippen LogP contribution >= 0.6 is 0 Å². The van der Waals surface area contributed by atoms with Crippen molar-refractivity contribution in [2.24, 2.45) is 0 Å². The molecule has 0 amide bonds. The summed E-state index contributed by atoms with van der Waals surface area (Å²) in [4.78, 5) is 0. The van der Waals surface area contributed by atoms with Crippen molar-refractivity contribution in [2.45, 2.75) is 33.0 Å². The van der Waals surface area contributed by atoms with E-state index in [-0.39, 0.29) is 12.6 Å². The summed E-state index contributed by atoms with van der Waals surface area (Å²) < 4.78 is 21.3. The largest absolute Gasteiger partial charge is 0.462 e. The van der Waals surface area contributed by atoms with Gasteiger partial charge in [-0.15, -0.1) is 0 Å². The molecule has 2 fully saturated rings. The molecule has 2 heterocycles. The average Bonchev–Trinajstić information content (AvgIpc) is 3.13. The third-order valence-electron chi connectivity index (χ3n) is 2.81. The summed E-state index contributed by atoms with van der Waals surface area (Å²) in [6.07, 6.45) is -0.0410.